The maximum absolute atomic E-state index is 13.8. The predicted molar refractivity (Wildman–Crippen MR) is 120 cm³/mol. The zero-order valence-corrected chi connectivity index (χ0v) is 19.4. The lowest BCUT2D eigenvalue weighted by molar-refractivity contribution is -0.141. The van der Waals surface area contributed by atoms with Gasteiger partial charge in [0.15, 0.2) is 0 Å². The molecular weight excluding hydrogens is 449 g/mol. The summed E-state index contributed by atoms with van der Waals surface area (Å²) >= 11 is 0. The normalized spacial score (nSPS) is 16.5. The van der Waals surface area contributed by atoms with Crippen molar-refractivity contribution >= 4 is 12.0 Å². The second kappa shape index (κ2) is 10.2. The first kappa shape index (κ1) is 25.1. The molecule has 1 heterocycles. The van der Waals surface area contributed by atoms with Crippen molar-refractivity contribution in [3.05, 3.63) is 76.5 Å². The third-order valence-electron chi connectivity index (χ3n) is 5.55. The number of esters is 1. The summed E-state index contributed by atoms with van der Waals surface area (Å²) < 4.78 is 52.4. The lowest BCUT2D eigenvalue weighted by atomic mass is 9.91. The Balaban J connectivity index is 2.13. The molecule has 6 nitrogen and oxygen atoms in total. The second-order valence-electron chi connectivity index (χ2n) is 8.09. The average molecular weight is 476 g/mol. The summed E-state index contributed by atoms with van der Waals surface area (Å²) in [5, 5.41) is 2.51. The fourth-order valence-corrected chi connectivity index (χ4v) is 3.86. The van der Waals surface area contributed by atoms with Crippen molar-refractivity contribution in [3.63, 3.8) is 0 Å². The molecule has 9 heteroatoms. The van der Waals surface area contributed by atoms with Crippen molar-refractivity contribution in [2.24, 2.45) is 0 Å². The van der Waals surface area contributed by atoms with E-state index in [0.717, 1.165) is 16.5 Å². The molecule has 1 N–H and O–H groups in total. The molecule has 1 atom stereocenters. The predicted octanol–water partition coefficient (Wildman–Crippen LogP) is 5.42. The minimum Gasteiger partial charge on any atom is -0.487 e. The zero-order chi connectivity index (χ0) is 25.0. The minimum atomic E-state index is -4.68. The second-order valence-corrected chi connectivity index (χ2v) is 8.09. The molecule has 2 aromatic rings. The Labute approximate surface area is 196 Å². The largest absolute Gasteiger partial charge is 0.487 e. The molecule has 3 rings (SSSR count). The van der Waals surface area contributed by atoms with Gasteiger partial charge in [-0.15, -0.1) is 0 Å². The molecule has 1 unspecified atom stereocenters. The van der Waals surface area contributed by atoms with Crippen LogP contribution in [0.3, 0.4) is 0 Å². The highest BCUT2D eigenvalue weighted by molar-refractivity contribution is 5.95. The fourth-order valence-electron chi connectivity index (χ4n) is 3.86. The molecule has 1 aliphatic rings. The summed E-state index contributed by atoms with van der Waals surface area (Å²) in [6.45, 7) is 5.38. The number of likely N-dealkylation sites (N-methyl/N-ethyl adjacent to an activating group) is 1. The van der Waals surface area contributed by atoms with E-state index in [-0.39, 0.29) is 36.0 Å². The van der Waals surface area contributed by atoms with Crippen LogP contribution in [-0.2, 0) is 15.7 Å². The first-order valence-electron chi connectivity index (χ1n) is 10.9. The molecule has 182 valence electrons. The summed E-state index contributed by atoms with van der Waals surface area (Å²) in [4.78, 5) is 26.9. The van der Waals surface area contributed by atoms with E-state index in [1.807, 2.05) is 26.0 Å². The van der Waals surface area contributed by atoms with Gasteiger partial charge in [-0.05, 0) is 36.1 Å². The van der Waals surface area contributed by atoms with Crippen LogP contribution in [0.25, 0.3) is 0 Å². The van der Waals surface area contributed by atoms with Crippen molar-refractivity contribution in [1.29, 1.82) is 0 Å². The topological polar surface area (TPSA) is 67.9 Å². The quantitative estimate of drug-likeness (QED) is 0.542. The third kappa shape index (κ3) is 5.18. The SMILES string of the molecule is CCOC(=O)C1=C(COc2ccccc2C(C)C)N(C)C(=O)NC1c1ccccc1C(F)(F)F. The average Bonchev–Trinajstić information content (AvgIpc) is 2.79. The number of para-hydroxylation sites is 1. The number of benzene rings is 2. The highest BCUT2D eigenvalue weighted by Gasteiger charge is 2.42. The van der Waals surface area contributed by atoms with Crippen molar-refractivity contribution in [2.45, 2.75) is 38.9 Å². The first-order chi connectivity index (χ1) is 16.1. The van der Waals surface area contributed by atoms with Crippen molar-refractivity contribution in [2.75, 3.05) is 20.3 Å². The number of ether oxygens (including phenoxy) is 2. The number of rotatable bonds is 7. The van der Waals surface area contributed by atoms with Gasteiger partial charge in [0.25, 0.3) is 0 Å². The van der Waals surface area contributed by atoms with E-state index in [1.165, 1.54) is 25.2 Å². The van der Waals surface area contributed by atoms with Gasteiger partial charge in [-0.2, -0.15) is 13.2 Å². The molecule has 2 aromatic carbocycles. The molecule has 0 spiro atoms. The molecule has 0 aliphatic carbocycles. The number of nitrogens with zero attached hydrogens (tertiary/aromatic N) is 1. The van der Waals surface area contributed by atoms with Crippen LogP contribution in [0.15, 0.2) is 59.8 Å². The van der Waals surface area contributed by atoms with Gasteiger partial charge < -0.3 is 14.8 Å². The summed E-state index contributed by atoms with van der Waals surface area (Å²) in [5.74, 6) is -0.125. The van der Waals surface area contributed by atoms with Gasteiger partial charge in [0.2, 0.25) is 0 Å². The Morgan fingerprint density at radius 3 is 2.41 bits per heavy atom. The monoisotopic (exact) mass is 476 g/mol. The fraction of sp³-hybridized carbons (Fsp3) is 0.360. The van der Waals surface area contributed by atoms with Crippen LogP contribution >= 0.6 is 0 Å². The number of carbonyl (C=O) groups excluding carboxylic acids is 2. The summed E-state index contributed by atoms with van der Waals surface area (Å²) in [5.41, 5.74) is -0.260. The highest BCUT2D eigenvalue weighted by Crippen LogP contribution is 2.39. The van der Waals surface area contributed by atoms with E-state index in [9.17, 15) is 22.8 Å². The lowest BCUT2D eigenvalue weighted by Crippen LogP contribution is -2.48. The Morgan fingerprint density at radius 1 is 1.12 bits per heavy atom. The molecule has 0 saturated heterocycles. The Kier molecular flexibility index (Phi) is 7.54. The van der Waals surface area contributed by atoms with E-state index in [1.54, 1.807) is 19.1 Å². The Hall–Kier alpha value is -3.49. The number of hydrogen-bond donors (Lipinski definition) is 1. The van der Waals surface area contributed by atoms with Crippen molar-refractivity contribution < 1.29 is 32.2 Å². The molecule has 0 radical (unpaired) electrons. The van der Waals surface area contributed by atoms with E-state index in [0.29, 0.717) is 5.75 Å². The molecule has 1 aliphatic heterocycles. The smallest absolute Gasteiger partial charge is 0.416 e. The number of amides is 2. The van der Waals surface area contributed by atoms with Crippen LogP contribution in [-0.4, -0.2) is 37.2 Å². The number of halogens is 3. The lowest BCUT2D eigenvalue weighted by Gasteiger charge is -2.35. The number of nitrogens with one attached hydrogen (secondary N) is 1. The molecule has 0 fully saturated rings. The summed E-state index contributed by atoms with van der Waals surface area (Å²) in [6.07, 6.45) is -4.68. The molecule has 0 bridgehead atoms. The summed E-state index contributed by atoms with van der Waals surface area (Å²) in [7, 11) is 1.42. The maximum atomic E-state index is 13.8. The van der Waals surface area contributed by atoms with E-state index < -0.39 is 29.8 Å². The number of alkyl halides is 3. The van der Waals surface area contributed by atoms with Gasteiger partial charge in [-0.1, -0.05) is 50.2 Å². The number of carbonyl (C=O) groups is 2. The van der Waals surface area contributed by atoms with E-state index in [2.05, 4.69) is 5.32 Å². The number of urea groups is 1. The first-order valence-corrected chi connectivity index (χ1v) is 10.9. The van der Waals surface area contributed by atoms with Gasteiger partial charge in [0, 0.05) is 7.05 Å². The van der Waals surface area contributed by atoms with Crippen LogP contribution in [0.2, 0.25) is 0 Å². The molecule has 34 heavy (non-hydrogen) atoms. The van der Waals surface area contributed by atoms with Crippen LogP contribution in [0, 0.1) is 0 Å². The van der Waals surface area contributed by atoms with Gasteiger partial charge in [-0.25, -0.2) is 9.59 Å². The van der Waals surface area contributed by atoms with Crippen LogP contribution in [0.5, 0.6) is 5.75 Å². The van der Waals surface area contributed by atoms with Gasteiger partial charge in [0.05, 0.1) is 29.5 Å². The minimum absolute atomic E-state index is 0.0119. The van der Waals surface area contributed by atoms with Crippen LogP contribution in [0.4, 0.5) is 18.0 Å². The Bertz CT molecular complexity index is 1100. The molecule has 0 aromatic heterocycles. The zero-order valence-electron chi connectivity index (χ0n) is 19.4. The summed E-state index contributed by atoms with van der Waals surface area (Å²) in [6, 6.07) is 10.1. The Morgan fingerprint density at radius 2 is 1.76 bits per heavy atom. The van der Waals surface area contributed by atoms with Crippen molar-refractivity contribution in [1.82, 2.24) is 10.2 Å². The highest BCUT2D eigenvalue weighted by atomic mass is 19.4. The van der Waals surface area contributed by atoms with Crippen molar-refractivity contribution in [3.8, 4) is 5.75 Å². The van der Waals surface area contributed by atoms with E-state index >= 15 is 0 Å². The standard InChI is InChI=1S/C25H27F3N2O4/c1-5-33-23(31)21-19(14-34-20-13-9-7-10-16(20)15(2)3)30(4)24(32)29-22(21)17-11-6-8-12-18(17)25(26,27)28/h6-13,15,22H,5,14H2,1-4H3,(H,29,32). The molecule has 0 saturated carbocycles. The molecule has 2 amide bonds. The van der Waals surface area contributed by atoms with Gasteiger partial charge >= 0.3 is 18.2 Å². The number of hydrogen-bond acceptors (Lipinski definition) is 4. The van der Waals surface area contributed by atoms with Gasteiger partial charge in [0.1, 0.15) is 12.4 Å². The third-order valence-corrected chi connectivity index (χ3v) is 5.55. The molecular formula is C25H27F3N2O4. The van der Waals surface area contributed by atoms with E-state index in [4.69, 9.17) is 9.47 Å². The maximum Gasteiger partial charge on any atom is 0.416 e. The van der Waals surface area contributed by atoms with Gasteiger partial charge in [-0.3, -0.25) is 4.90 Å². The van der Waals surface area contributed by atoms with Crippen LogP contribution in [0.1, 0.15) is 49.4 Å². The van der Waals surface area contributed by atoms with Crippen LogP contribution < -0.4 is 10.1 Å².